The summed E-state index contributed by atoms with van der Waals surface area (Å²) in [6.07, 6.45) is 0. The van der Waals surface area contributed by atoms with Crippen LogP contribution in [0.3, 0.4) is 0 Å². The fraction of sp³-hybridized carbons (Fsp3) is 0.0800. The molecule has 0 saturated heterocycles. The Morgan fingerprint density at radius 2 is 1.71 bits per heavy atom. The van der Waals surface area contributed by atoms with Gasteiger partial charge >= 0.3 is 29.6 Å². The minimum Gasteiger partial charge on any atom is -0.870 e. The van der Waals surface area contributed by atoms with Crippen LogP contribution in [0.1, 0.15) is 15.9 Å². The number of hydrogen-bond acceptors (Lipinski definition) is 7. The second-order valence-electron chi connectivity index (χ2n) is 7.84. The Kier molecular flexibility index (Phi) is 9.43. The first kappa shape index (κ1) is 29.9. The molecular formula is C25H18Cl2N3NaO6S. The molecule has 0 atom stereocenters. The summed E-state index contributed by atoms with van der Waals surface area (Å²) < 4.78 is 38.4. The molecule has 0 fully saturated rings. The Hall–Kier alpha value is -2.70. The van der Waals surface area contributed by atoms with Crippen LogP contribution < -0.4 is 44.7 Å². The van der Waals surface area contributed by atoms with Crippen molar-refractivity contribution in [2.45, 2.75) is 11.8 Å². The summed E-state index contributed by atoms with van der Waals surface area (Å²) in [5, 5.41) is 25.0. The van der Waals surface area contributed by atoms with Gasteiger partial charge in [0.05, 0.1) is 22.8 Å². The maximum Gasteiger partial charge on any atom is 1.00 e. The number of ether oxygens (including phenoxy) is 1. The van der Waals surface area contributed by atoms with Crippen LogP contribution in [0.15, 0.2) is 75.8 Å². The number of fused-ring (bicyclic) bond motifs is 1. The number of nitrogens with one attached hydrogen (secondary N) is 1. The summed E-state index contributed by atoms with van der Waals surface area (Å²) in [6.45, 7) is 1.61. The number of carbonyl (C=O) groups is 1. The molecule has 0 aromatic heterocycles. The maximum absolute atomic E-state index is 13.4. The van der Waals surface area contributed by atoms with Crippen molar-refractivity contribution in [2.75, 3.05) is 12.4 Å². The molecule has 0 bridgehead atoms. The molecule has 2 N–H and O–H groups in total. The Labute approximate surface area is 250 Å². The Morgan fingerprint density at radius 1 is 1.03 bits per heavy atom. The predicted molar refractivity (Wildman–Crippen MR) is 140 cm³/mol. The van der Waals surface area contributed by atoms with Crippen LogP contribution >= 0.6 is 23.2 Å². The fourth-order valence-electron chi connectivity index (χ4n) is 3.57. The molecule has 0 spiro atoms. The normalized spacial score (nSPS) is 11.4. The minimum atomic E-state index is -4.69. The summed E-state index contributed by atoms with van der Waals surface area (Å²) in [6, 6.07) is 15.2. The van der Waals surface area contributed by atoms with E-state index in [9.17, 15) is 22.9 Å². The summed E-state index contributed by atoms with van der Waals surface area (Å²) in [5.74, 6) is -1.06. The molecule has 0 aliphatic carbocycles. The van der Waals surface area contributed by atoms with Gasteiger partial charge in [-0.05, 0) is 48.2 Å². The topological polar surface area (TPSA) is 140 Å². The first-order valence-corrected chi connectivity index (χ1v) is 12.8. The number of anilines is 1. The summed E-state index contributed by atoms with van der Waals surface area (Å²) >= 11 is 12.4. The van der Waals surface area contributed by atoms with Crippen molar-refractivity contribution >= 4 is 67.1 Å². The van der Waals surface area contributed by atoms with Crippen LogP contribution in [0.4, 0.5) is 17.1 Å². The molecule has 4 aromatic rings. The van der Waals surface area contributed by atoms with Crippen LogP contribution in [-0.4, -0.2) is 26.0 Å². The van der Waals surface area contributed by atoms with Crippen LogP contribution in [-0.2, 0) is 10.1 Å². The standard InChI is InChI=1S/C25H19Cl2N3O6S.Na/c1-13-7-10-20(37(33,34)35)23(21(13)27)30-29-22-16-6-4-3-5-14(16)11-17(24(22)31)25(32)28-15-8-9-19(36-2)18(26)12-15;/h3-12,31H,1-2H3,(H,28,32)(H,33,34,35);/q;+1/p-1. The molecule has 1 amide bonds. The Balaban J connectivity index is 0.00000400. The van der Waals surface area contributed by atoms with Crippen molar-refractivity contribution in [2.24, 2.45) is 10.2 Å². The third-order valence-corrected chi connectivity index (χ3v) is 7.09. The average Bonchev–Trinajstić information content (AvgIpc) is 2.84. The number of halogens is 2. The molecule has 0 radical (unpaired) electrons. The first-order chi connectivity index (χ1) is 17.5. The van der Waals surface area contributed by atoms with E-state index in [4.69, 9.17) is 27.9 Å². The van der Waals surface area contributed by atoms with E-state index in [2.05, 4.69) is 15.5 Å². The Morgan fingerprint density at radius 3 is 2.37 bits per heavy atom. The number of methoxy groups -OCH3 is 1. The monoisotopic (exact) mass is 581 g/mol. The van der Waals surface area contributed by atoms with Crippen molar-refractivity contribution in [3.05, 3.63) is 81.8 Å². The van der Waals surface area contributed by atoms with Crippen molar-refractivity contribution < 1.29 is 57.2 Å². The number of carbonyl (C=O) groups excluding carboxylic acids is 1. The van der Waals surface area contributed by atoms with Gasteiger partial charge in [0.15, 0.2) is 0 Å². The molecule has 0 aliphatic heterocycles. The first-order valence-electron chi connectivity index (χ1n) is 10.6. The van der Waals surface area contributed by atoms with E-state index in [1.165, 1.54) is 25.3 Å². The van der Waals surface area contributed by atoms with E-state index in [1.54, 1.807) is 43.3 Å². The molecule has 0 aliphatic rings. The molecule has 4 rings (SSSR count). The number of azo groups is 1. The fourth-order valence-corrected chi connectivity index (χ4v) is 4.71. The molecule has 0 heterocycles. The second-order valence-corrected chi connectivity index (χ2v) is 10.0. The van der Waals surface area contributed by atoms with Crippen molar-refractivity contribution in [3.8, 4) is 11.5 Å². The van der Waals surface area contributed by atoms with E-state index >= 15 is 0 Å². The molecule has 38 heavy (non-hydrogen) atoms. The molecule has 4 aromatic carbocycles. The van der Waals surface area contributed by atoms with Gasteiger partial charge in [0.2, 0.25) is 0 Å². The number of amides is 1. The number of nitrogens with zero attached hydrogens (tertiary/aromatic N) is 2. The van der Waals surface area contributed by atoms with E-state index < -0.39 is 26.7 Å². The van der Waals surface area contributed by atoms with Gasteiger partial charge < -0.3 is 15.2 Å². The van der Waals surface area contributed by atoms with E-state index in [0.29, 0.717) is 27.8 Å². The van der Waals surface area contributed by atoms with E-state index in [0.717, 1.165) is 6.07 Å². The molecule has 190 valence electrons. The van der Waals surface area contributed by atoms with Gasteiger partial charge in [-0.25, -0.2) is 0 Å². The quantitative estimate of drug-likeness (QED) is 0.203. The van der Waals surface area contributed by atoms with Gasteiger partial charge in [0.1, 0.15) is 16.3 Å². The van der Waals surface area contributed by atoms with Crippen LogP contribution in [0.2, 0.25) is 10.0 Å². The Bertz CT molecular complexity index is 1700. The van der Waals surface area contributed by atoms with Gasteiger partial charge in [-0.2, -0.15) is 13.5 Å². The van der Waals surface area contributed by atoms with Gasteiger partial charge in [-0.1, -0.05) is 59.3 Å². The third kappa shape index (κ3) is 6.13. The van der Waals surface area contributed by atoms with E-state index in [-0.39, 0.29) is 56.5 Å². The van der Waals surface area contributed by atoms with E-state index in [1.807, 2.05) is 0 Å². The van der Waals surface area contributed by atoms with Gasteiger partial charge in [-0.3, -0.25) is 9.35 Å². The second kappa shape index (κ2) is 12.0. The van der Waals surface area contributed by atoms with Crippen LogP contribution in [0.25, 0.3) is 10.8 Å². The third-order valence-electron chi connectivity index (χ3n) is 5.43. The van der Waals surface area contributed by atoms with Crippen molar-refractivity contribution in [1.82, 2.24) is 0 Å². The van der Waals surface area contributed by atoms with Crippen molar-refractivity contribution in [3.63, 3.8) is 0 Å². The maximum atomic E-state index is 13.4. The number of hydrogen-bond donors (Lipinski definition) is 2. The smallest absolute Gasteiger partial charge is 0.870 e. The summed E-state index contributed by atoms with van der Waals surface area (Å²) in [4.78, 5) is 12.5. The zero-order chi connectivity index (χ0) is 26.9. The molecular weight excluding hydrogens is 564 g/mol. The predicted octanol–water partition coefficient (Wildman–Crippen LogP) is 3.46. The summed E-state index contributed by atoms with van der Waals surface area (Å²) in [5.41, 5.74) is 0.0209. The number of aryl methyl sites for hydroxylation is 1. The van der Waals surface area contributed by atoms with Crippen molar-refractivity contribution in [1.29, 1.82) is 0 Å². The summed E-state index contributed by atoms with van der Waals surface area (Å²) in [7, 11) is -3.24. The van der Waals surface area contributed by atoms with Gasteiger partial charge in [0, 0.05) is 16.6 Å². The molecule has 0 unspecified atom stereocenters. The zero-order valence-electron chi connectivity index (χ0n) is 20.3. The molecule has 13 heteroatoms. The largest absolute Gasteiger partial charge is 1.00 e. The minimum absolute atomic E-state index is 0. The number of rotatable bonds is 6. The van der Waals surface area contributed by atoms with Gasteiger partial charge in [0.25, 0.3) is 16.0 Å². The van der Waals surface area contributed by atoms with Crippen LogP contribution in [0, 0.1) is 6.92 Å². The molecule has 9 nitrogen and oxygen atoms in total. The SMILES string of the molecule is COc1ccc(NC(=O)c2cc3ccccc3c(N=Nc3c(S(=O)(=O)O)ccc(C)c3Cl)c2[O-])cc1Cl.[Na+]. The zero-order valence-corrected chi connectivity index (χ0v) is 24.6. The average molecular weight is 582 g/mol. The molecule has 0 saturated carbocycles. The van der Waals surface area contributed by atoms with Crippen LogP contribution in [0.5, 0.6) is 11.5 Å². The number of benzene rings is 4. The van der Waals surface area contributed by atoms with Gasteiger partial charge in [-0.15, -0.1) is 5.11 Å².